The van der Waals surface area contributed by atoms with E-state index in [4.69, 9.17) is 16.3 Å². The molecule has 1 N–H and O–H groups in total. The van der Waals surface area contributed by atoms with Gasteiger partial charge in [-0.2, -0.15) is 0 Å². The van der Waals surface area contributed by atoms with E-state index in [9.17, 15) is 5.11 Å². The van der Waals surface area contributed by atoms with Crippen LogP contribution in [0.5, 0.6) is 5.75 Å². The summed E-state index contributed by atoms with van der Waals surface area (Å²) in [6.45, 7) is 5.38. The predicted molar refractivity (Wildman–Crippen MR) is 62.4 cm³/mol. The van der Waals surface area contributed by atoms with Gasteiger partial charge in [-0.25, -0.2) is 0 Å². The second kappa shape index (κ2) is 5.79. The highest BCUT2D eigenvalue weighted by atomic mass is 35.5. The van der Waals surface area contributed by atoms with Gasteiger partial charge in [0, 0.05) is 5.02 Å². The minimum atomic E-state index is -0.540. The SMILES string of the molecule is C=CCC(O)C(C)Oc1cccc(Cl)c1. The van der Waals surface area contributed by atoms with Crippen LogP contribution < -0.4 is 4.74 Å². The molecule has 0 amide bonds. The van der Waals surface area contributed by atoms with E-state index in [1.165, 1.54) is 0 Å². The van der Waals surface area contributed by atoms with Gasteiger partial charge in [0.05, 0.1) is 6.10 Å². The van der Waals surface area contributed by atoms with Crippen molar-refractivity contribution < 1.29 is 9.84 Å². The first-order chi connectivity index (χ1) is 7.13. The molecule has 0 radical (unpaired) electrons. The lowest BCUT2D eigenvalue weighted by Crippen LogP contribution is -2.28. The van der Waals surface area contributed by atoms with Crippen LogP contribution in [-0.4, -0.2) is 17.3 Å². The first kappa shape index (κ1) is 12.1. The van der Waals surface area contributed by atoms with Crippen molar-refractivity contribution >= 4 is 11.6 Å². The van der Waals surface area contributed by atoms with Crippen molar-refractivity contribution in [3.63, 3.8) is 0 Å². The van der Waals surface area contributed by atoms with Crippen molar-refractivity contribution in [1.82, 2.24) is 0 Å². The Morgan fingerprint density at radius 3 is 2.93 bits per heavy atom. The molecule has 0 aliphatic rings. The maximum absolute atomic E-state index is 9.62. The molecule has 2 atom stereocenters. The monoisotopic (exact) mass is 226 g/mol. The van der Waals surface area contributed by atoms with Crippen LogP contribution in [0.25, 0.3) is 0 Å². The highest BCUT2D eigenvalue weighted by Crippen LogP contribution is 2.19. The van der Waals surface area contributed by atoms with Crippen LogP contribution >= 0.6 is 11.6 Å². The number of ether oxygens (including phenoxy) is 1. The maximum Gasteiger partial charge on any atom is 0.122 e. The van der Waals surface area contributed by atoms with Crippen molar-refractivity contribution in [2.45, 2.75) is 25.6 Å². The van der Waals surface area contributed by atoms with Gasteiger partial charge < -0.3 is 9.84 Å². The van der Waals surface area contributed by atoms with Crippen molar-refractivity contribution in [3.8, 4) is 5.75 Å². The van der Waals surface area contributed by atoms with Crippen LogP contribution in [0.4, 0.5) is 0 Å². The third-order valence-electron chi connectivity index (χ3n) is 2.07. The number of benzene rings is 1. The van der Waals surface area contributed by atoms with Gasteiger partial charge in [-0.15, -0.1) is 6.58 Å². The number of aliphatic hydroxyl groups is 1. The average molecular weight is 227 g/mol. The molecule has 2 unspecified atom stereocenters. The minimum absolute atomic E-state index is 0.276. The predicted octanol–water partition coefficient (Wildman–Crippen LogP) is 3.04. The maximum atomic E-state index is 9.62. The molecule has 0 bridgehead atoms. The second-order valence-corrected chi connectivity index (χ2v) is 3.81. The molecule has 1 aromatic carbocycles. The molecular formula is C12H15ClO2. The molecule has 0 spiro atoms. The normalized spacial score (nSPS) is 14.3. The fourth-order valence-corrected chi connectivity index (χ4v) is 1.38. The van der Waals surface area contributed by atoms with E-state index in [1.54, 1.807) is 18.2 Å². The first-order valence-corrected chi connectivity index (χ1v) is 5.22. The summed E-state index contributed by atoms with van der Waals surface area (Å²) in [6, 6.07) is 7.12. The molecule has 0 aromatic heterocycles. The van der Waals surface area contributed by atoms with E-state index in [1.807, 2.05) is 19.1 Å². The second-order valence-electron chi connectivity index (χ2n) is 3.37. The number of halogens is 1. The van der Waals surface area contributed by atoms with Gasteiger partial charge in [-0.3, -0.25) is 0 Å². The molecule has 1 aromatic rings. The molecular weight excluding hydrogens is 212 g/mol. The third-order valence-corrected chi connectivity index (χ3v) is 2.30. The van der Waals surface area contributed by atoms with Crippen LogP contribution in [0.1, 0.15) is 13.3 Å². The quantitative estimate of drug-likeness (QED) is 0.782. The van der Waals surface area contributed by atoms with E-state index in [-0.39, 0.29) is 6.10 Å². The molecule has 0 fully saturated rings. The molecule has 15 heavy (non-hydrogen) atoms. The Morgan fingerprint density at radius 2 is 2.33 bits per heavy atom. The Balaban J connectivity index is 2.57. The lowest BCUT2D eigenvalue weighted by Gasteiger charge is -2.19. The number of hydrogen-bond acceptors (Lipinski definition) is 2. The fourth-order valence-electron chi connectivity index (χ4n) is 1.20. The Labute approximate surface area is 95.1 Å². The fraction of sp³-hybridized carbons (Fsp3) is 0.333. The van der Waals surface area contributed by atoms with E-state index >= 15 is 0 Å². The van der Waals surface area contributed by atoms with E-state index in [0.29, 0.717) is 17.2 Å². The Morgan fingerprint density at radius 1 is 1.60 bits per heavy atom. The minimum Gasteiger partial charge on any atom is -0.488 e. The third kappa shape index (κ3) is 3.94. The van der Waals surface area contributed by atoms with Crippen molar-refractivity contribution in [3.05, 3.63) is 41.9 Å². The zero-order chi connectivity index (χ0) is 11.3. The summed E-state index contributed by atoms with van der Waals surface area (Å²) in [6.07, 6.45) is 1.37. The van der Waals surface area contributed by atoms with Crippen molar-refractivity contribution in [2.75, 3.05) is 0 Å². The molecule has 0 aliphatic heterocycles. The van der Waals surface area contributed by atoms with Crippen molar-refractivity contribution in [1.29, 1.82) is 0 Å². The summed E-state index contributed by atoms with van der Waals surface area (Å²) in [4.78, 5) is 0. The summed E-state index contributed by atoms with van der Waals surface area (Å²) in [5, 5.41) is 10.2. The number of rotatable bonds is 5. The van der Waals surface area contributed by atoms with Crippen LogP contribution in [0.3, 0.4) is 0 Å². The van der Waals surface area contributed by atoms with E-state index < -0.39 is 6.10 Å². The Bertz CT molecular complexity index is 325. The number of aliphatic hydroxyl groups excluding tert-OH is 1. The van der Waals surface area contributed by atoms with Gasteiger partial charge in [0.15, 0.2) is 0 Å². The highest BCUT2D eigenvalue weighted by Gasteiger charge is 2.14. The largest absolute Gasteiger partial charge is 0.488 e. The lowest BCUT2D eigenvalue weighted by atomic mass is 10.1. The Kier molecular flexibility index (Phi) is 4.66. The van der Waals surface area contributed by atoms with Gasteiger partial charge in [-0.1, -0.05) is 23.7 Å². The van der Waals surface area contributed by atoms with Crippen molar-refractivity contribution in [2.24, 2.45) is 0 Å². The van der Waals surface area contributed by atoms with E-state index in [2.05, 4.69) is 6.58 Å². The molecule has 1 rings (SSSR count). The zero-order valence-electron chi connectivity index (χ0n) is 8.69. The molecule has 0 saturated heterocycles. The Hall–Kier alpha value is -0.990. The van der Waals surface area contributed by atoms with Gasteiger partial charge in [0.2, 0.25) is 0 Å². The van der Waals surface area contributed by atoms with Gasteiger partial charge in [0.25, 0.3) is 0 Å². The molecule has 2 nitrogen and oxygen atoms in total. The summed E-state index contributed by atoms with van der Waals surface area (Å²) in [7, 11) is 0. The standard InChI is InChI=1S/C12H15ClO2/c1-3-5-12(14)9(2)15-11-7-4-6-10(13)8-11/h3-4,6-9,12,14H,1,5H2,2H3. The lowest BCUT2D eigenvalue weighted by molar-refractivity contribution is 0.0497. The topological polar surface area (TPSA) is 29.5 Å². The van der Waals surface area contributed by atoms with Crippen LogP contribution in [0, 0.1) is 0 Å². The van der Waals surface area contributed by atoms with Gasteiger partial charge in [-0.05, 0) is 31.5 Å². The zero-order valence-corrected chi connectivity index (χ0v) is 9.45. The highest BCUT2D eigenvalue weighted by molar-refractivity contribution is 6.30. The number of hydrogen-bond donors (Lipinski definition) is 1. The molecule has 0 heterocycles. The van der Waals surface area contributed by atoms with E-state index in [0.717, 1.165) is 0 Å². The molecule has 0 saturated carbocycles. The molecule has 82 valence electrons. The summed E-state index contributed by atoms with van der Waals surface area (Å²) in [5.41, 5.74) is 0. The smallest absolute Gasteiger partial charge is 0.122 e. The van der Waals surface area contributed by atoms with Crippen LogP contribution in [0.15, 0.2) is 36.9 Å². The first-order valence-electron chi connectivity index (χ1n) is 4.84. The van der Waals surface area contributed by atoms with Gasteiger partial charge in [0.1, 0.15) is 11.9 Å². The molecule has 0 aliphatic carbocycles. The van der Waals surface area contributed by atoms with Gasteiger partial charge >= 0.3 is 0 Å². The average Bonchev–Trinajstić information content (AvgIpc) is 2.18. The summed E-state index contributed by atoms with van der Waals surface area (Å²) < 4.78 is 5.53. The summed E-state index contributed by atoms with van der Waals surface area (Å²) >= 11 is 5.81. The van der Waals surface area contributed by atoms with Crippen LogP contribution in [0.2, 0.25) is 5.02 Å². The summed E-state index contributed by atoms with van der Waals surface area (Å²) in [5.74, 6) is 0.665. The van der Waals surface area contributed by atoms with Crippen LogP contribution in [-0.2, 0) is 0 Å². The molecule has 3 heteroatoms.